The molecule has 2 fully saturated rings. The van der Waals surface area contributed by atoms with Crippen molar-refractivity contribution >= 4 is 28.4 Å². The third-order valence-electron chi connectivity index (χ3n) is 6.62. The van der Waals surface area contributed by atoms with Crippen molar-refractivity contribution in [2.24, 2.45) is 5.92 Å². The lowest BCUT2D eigenvalue weighted by molar-refractivity contribution is -0.126. The van der Waals surface area contributed by atoms with Crippen molar-refractivity contribution in [1.82, 2.24) is 25.5 Å². The number of H-pyrrole nitrogens is 1. The highest BCUT2D eigenvalue weighted by atomic mass is 16.1. The van der Waals surface area contributed by atoms with Crippen molar-refractivity contribution in [3.05, 3.63) is 42.9 Å². The number of nitrogens with zero attached hydrogens (tertiary/aromatic N) is 4. The molecule has 0 bridgehead atoms. The molecule has 0 radical (unpaired) electrons. The fourth-order valence-corrected chi connectivity index (χ4v) is 5.03. The molecule has 0 aliphatic heterocycles. The number of benzene rings is 1. The average Bonchev–Trinajstić information content (AvgIpc) is 3.47. The second-order valence-corrected chi connectivity index (χ2v) is 8.52. The van der Waals surface area contributed by atoms with Crippen LogP contribution in [0, 0.1) is 5.92 Å². The summed E-state index contributed by atoms with van der Waals surface area (Å²) in [5, 5.41) is 11.6. The minimum atomic E-state index is 0.116. The van der Waals surface area contributed by atoms with E-state index in [-0.39, 0.29) is 17.9 Å². The summed E-state index contributed by atoms with van der Waals surface area (Å²) in [6.07, 6.45) is 13.8. The van der Waals surface area contributed by atoms with Gasteiger partial charge in [-0.1, -0.05) is 18.9 Å². The Labute approximate surface area is 176 Å². The van der Waals surface area contributed by atoms with Gasteiger partial charge in [0.15, 0.2) is 0 Å². The number of aromatic amines is 1. The van der Waals surface area contributed by atoms with Gasteiger partial charge in [0.05, 0.1) is 17.4 Å². The lowest BCUT2D eigenvalue weighted by Gasteiger charge is -2.37. The molecule has 2 aliphatic rings. The molecule has 156 valence electrons. The Morgan fingerprint density at radius 1 is 1.00 bits per heavy atom. The van der Waals surface area contributed by atoms with Crippen LogP contribution in [0.3, 0.4) is 0 Å². The Bertz CT molecular complexity index is 989. The van der Waals surface area contributed by atoms with E-state index in [1.807, 2.05) is 24.4 Å². The molecule has 30 heavy (non-hydrogen) atoms. The normalized spacial score (nSPS) is 22.3. The second-order valence-electron chi connectivity index (χ2n) is 8.52. The molecule has 0 spiro atoms. The summed E-state index contributed by atoms with van der Waals surface area (Å²) in [4.78, 5) is 24.1. The summed E-state index contributed by atoms with van der Waals surface area (Å²) in [7, 11) is 0. The molecule has 2 N–H and O–H groups in total. The summed E-state index contributed by atoms with van der Waals surface area (Å²) in [5.41, 5.74) is 2.06. The molecule has 0 atom stereocenters. The number of aromatic nitrogens is 4. The highest BCUT2D eigenvalue weighted by Crippen LogP contribution is 2.37. The standard InChI is InChI=1S/C23H28N6O/c30-22(27-17-5-1-2-6-17)16-9-11-18(12-10-16)29(23-24-13-4-14-25-23)21-8-3-7-20-19(21)15-26-28-20/h3-4,7-8,13-18H,1-2,5-6,9-12H2,(H,26,28)(H,27,30). The Balaban J connectivity index is 1.36. The molecule has 7 nitrogen and oxygen atoms in total. The Hall–Kier alpha value is -2.96. The van der Waals surface area contributed by atoms with E-state index >= 15 is 0 Å². The molecule has 2 aliphatic carbocycles. The molecule has 1 aromatic carbocycles. The summed E-state index contributed by atoms with van der Waals surface area (Å²) in [6.45, 7) is 0. The smallest absolute Gasteiger partial charge is 0.230 e. The summed E-state index contributed by atoms with van der Waals surface area (Å²) >= 11 is 0. The van der Waals surface area contributed by atoms with Gasteiger partial charge in [-0.05, 0) is 56.7 Å². The third kappa shape index (κ3) is 3.76. The SMILES string of the molecule is O=C(NC1CCCC1)C1CCC(N(c2ncccn2)c2cccc3[nH]ncc23)CC1. The van der Waals surface area contributed by atoms with Gasteiger partial charge in [0, 0.05) is 35.8 Å². The summed E-state index contributed by atoms with van der Waals surface area (Å²) in [6, 6.07) is 8.65. The van der Waals surface area contributed by atoms with Crippen LogP contribution < -0.4 is 10.2 Å². The molecular weight excluding hydrogens is 376 g/mol. The number of nitrogens with one attached hydrogen (secondary N) is 2. The van der Waals surface area contributed by atoms with E-state index in [9.17, 15) is 4.79 Å². The van der Waals surface area contributed by atoms with Crippen molar-refractivity contribution in [2.75, 3.05) is 4.90 Å². The van der Waals surface area contributed by atoms with Gasteiger partial charge in [-0.2, -0.15) is 5.10 Å². The fourth-order valence-electron chi connectivity index (χ4n) is 5.03. The van der Waals surface area contributed by atoms with Crippen LogP contribution in [0.2, 0.25) is 0 Å². The van der Waals surface area contributed by atoms with E-state index in [1.54, 1.807) is 12.4 Å². The number of amides is 1. The van der Waals surface area contributed by atoms with E-state index in [1.165, 1.54) is 12.8 Å². The van der Waals surface area contributed by atoms with Gasteiger partial charge < -0.3 is 10.2 Å². The zero-order valence-corrected chi connectivity index (χ0v) is 17.1. The third-order valence-corrected chi connectivity index (χ3v) is 6.62. The average molecular weight is 405 g/mol. The first-order valence-corrected chi connectivity index (χ1v) is 11.1. The van der Waals surface area contributed by atoms with Crippen LogP contribution in [0.25, 0.3) is 10.9 Å². The van der Waals surface area contributed by atoms with Crippen molar-refractivity contribution in [2.45, 2.75) is 63.5 Å². The largest absolute Gasteiger partial charge is 0.353 e. The molecule has 7 heteroatoms. The van der Waals surface area contributed by atoms with Gasteiger partial charge in [0.1, 0.15) is 0 Å². The highest BCUT2D eigenvalue weighted by molar-refractivity contribution is 5.93. The van der Waals surface area contributed by atoms with Gasteiger partial charge in [-0.3, -0.25) is 9.89 Å². The first kappa shape index (κ1) is 19.0. The van der Waals surface area contributed by atoms with E-state index in [0.29, 0.717) is 12.0 Å². The highest BCUT2D eigenvalue weighted by Gasteiger charge is 2.33. The zero-order chi connectivity index (χ0) is 20.3. The van der Waals surface area contributed by atoms with Crippen LogP contribution in [0.1, 0.15) is 51.4 Å². The number of hydrogen-bond acceptors (Lipinski definition) is 5. The fraction of sp³-hybridized carbons (Fsp3) is 0.478. The van der Waals surface area contributed by atoms with Crippen molar-refractivity contribution in [1.29, 1.82) is 0 Å². The topological polar surface area (TPSA) is 86.8 Å². The predicted molar refractivity (Wildman–Crippen MR) is 116 cm³/mol. The Morgan fingerprint density at radius 3 is 2.53 bits per heavy atom. The van der Waals surface area contributed by atoms with Gasteiger partial charge in [0.2, 0.25) is 11.9 Å². The van der Waals surface area contributed by atoms with E-state index in [4.69, 9.17) is 0 Å². The Kier molecular flexibility index (Phi) is 5.34. The number of carbonyl (C=O) groups is 1. The summed E-state index contributed by atoms with van der Waals surface area (Å²) < 4.78 is 0. The number of fused-ring (bicyclic) bond motifs is 1. The predicted octanol–water partition coefficient (Wildman–Crippen LogP) is 4.11. The molecule has 1 amide bonds. The van der Waals surface area contributed by atoms with Gasteiger partial charge >= 0.3 is 0 Å². The van der Waals surface area contributed by atoms with Gasteiger partial charge in [0.25, 0.3) is 0 Å². The number of rotatable bonds is 5. The van der Waals surface area contributed by atoms with Crippen LogP contribution in [0.5, 0.6) is 0 Å². The minimum absolute atomic E-state index is 0.116. The maximum atomic E-state index is 12.7. The molecule has 3 aromatic rings. The van der Waals surface area contributed by atoms with Crippen LogP contribution in [-0.4, -0.2) is 38.2 Å². The lowest BCUT2D eigenvalue weighted by atomic mass is 9.84. The lowest BCUT2D eigenvalue weighted by Crippen LogP contribution is -2.42. The van der Waals surface area contributed by atoms with Crippen LogP contribution >= 0.6 is 0 Å². The minimum Gasteiger partial charge on any atom is -0.353 e. The van der Waals surface area contributed by atoms with Crippen molar-refractivity contribution in [3.8, 4) is 0 Å². The van der Waals surface area contributed by atoms with E-state index in [0.717, 1.165) is 55.1 Å². The first-order chi connectivity index (χ1) is 14.8. The number of anilines is 2. The summed E-state index contributed by atoms with van der Waals surface area (Å²) in [5.74, 6) is 1.06. The molecule has 2 aromatic heterocycles. The van der Waals surface area contributed by atoms with Crippen LogP contribution in [0.15, 0.2) is 42.9 Å². The molecular formula is C23H28N6O. The maximum Gasteiger partial charge on any atom is 0.230 e. The van der Waals surface area contributed by atoms with Crippen molar-refractivity contribution in [3.63, 3.8) is 0 Å². The van der Waals surface area contributed by atoms with E-state index < -0.39 is 0 Å². The van der Waals surface area contributed by atoms with Crippen molar-refractivity contribution < 1.29 is 4.79 Å². The number of hydrogen-bond donors (Lipinski definition) is 2. The van der Waals surface area contributed by atoms with Gasteiger partial charge in [-0.15, -0.1) is 0 Å². The molecule has 0 saturated heterocycles. The zero-order valence-electron chi connectivity index (χ0n) is 17.1. The van der Waals surface area contributed by atoms with E-state index in [2.05, 4.69) is 36.4 Å². The molecule has 0 unspecified atom stereocenters. The quantitative estimate of drug-likeness (QED) is 0.668. The van der Waals surface area contributed by atoms with Crippen LogP contribution in [0.4, 0.5) is 11.6 Å². The van der Waals surface area contributed by atoms with Crippen LogP contribution in [-0.2, 0) is 4.79 Å². The Morgan fingerprint density at radius 2 is 1.77 bits per heavy atom. The number of carbonyl (C=O) groups excluding carboxylic acids is 1. The molecule has 2 heterocycles. The maximum absolute atomic E-state index is 12.7. The van der Waals surface area contributed by atoms with Gasteiger partial charge in [-0.25, -0.2) is 9.97 Å². The second kappa shape index (κ2) is 8.42. The first-order valence-electron chi connectivity index (χ1n) is 11.1. The molecule has 2 saturated carbocycles. The molecule has 5 rings (SSSR count). The monoisotopic (exact) mass is 404 g/mol.